The molecule has 1 saturated heterocycles. The fourth-order valence-electron chi connectivity index (χ4n) is 2.77. The molecule has 0 bridgehead atoms. The second-order valence-corrected chi connectivity index (χ2v) is 9.50. The molecule has 1 fully saturated rings. The third-order valence-corrected chi connectivity index (χ3v) is 6.09. The normalized spacial score (nSPS) is 15.5. The molecule has 11 nitrogen and oxygen atoms in total. The third-order valence-electron chi connectivity index (χ3n) is 4.58. The highest BCUT2D eigenvalue weighted by atomic mass is 32.2. The van der Waals surface area contributed by atoms with Gasteiger partial charge in [0.25, 0.3) is 0 Å². The summed E-state index contributed by atoms with van der Waals surface area (Å²) in [5.74, 6) is 0. The zero-order valence-corrected chi connectivity index (χ0v) is 18.8. The summed E-state index contributed by atoms with van der Waals surface area (Å²) in [6.07, 6.45) is 3.15. The molecule has 174 valence electrons. The molecule has 0 radical (unpaired) electrons. The summed E-state index contributed by atoms with van der Waals surface area (Å²) in [6.45, 7) is 7.65. The van der Waals surface area contributed by atoms with Crippen LogP contribution in [0.3, 0.4) is 0 Å². The lowest BCUT2D eigenvalue weighted by molar-refractivity contribution is -0.00234. The van der Waals surface area contributed by atoms with Crippen molar-refractivity contribution in [3.63, 3.8) is 0 Å². The largest absolute Gasteiger partial charge is 0.378 e. The van der Waals surface area contributed by atoms with Crippen molar-refractivity contribution in [1.29, 1.82) is 0 Å². The molecule has 1 aromatic rings. The number of hydrogen-bond acceptors (Lipinski definition) is 10. The van der Waals surface area contributed by atoms with Crippen molar-refractivity contribution >= 4 is 9.84 Å². The van der Waals surface area contributed by atoms with Gasteiger partial charge in [0.15, 0.2) is 9.84 Å². The van der Waals surface area contributed by atoms with Crippen LogP contribution in [0.2, 0.25) is 0 Å². The standard InChI is InChI=1S/C18H35N5O6S/c1-19-3-5-26-7-9-28-11-12-29-10-8-27-6-4-23-14-17(20-21-23)13-22-15-18(16-22)30(2,24)25/h14,18-19H,3-13,15-16H2,1-2H3. The van der Waals surface area contributed by atoms with E-state index < -0.39 is 9.84 Å². The van der Waals surface area contributed by atoms with Crippen LogP contribution < -0.4 is 5.32 Å². The van der Waals surface area contributed by atoms with Crippen LogP contribution in [0.4, 0.5) is 0 Å². The van der Waals surface area contributed by atoms with Gasteiger partial charge in [0.2, 0.25) is 0 Å². The highest BCUT2D eigenvalue weighted by Crippen LogP contribution is 2.17. The van der Waals surface area contributed by atoms with Gasteiger partial charge in [-0.15, -0.1) is 5.10 Å². The first-order valence-corrected chi connectivity index (χ1v) is 12.2. The van der Waals surface area contributed by atoms with Gasteiger partial charge >= 0.3 is 0 Å². The number of hydrogen-bond donors (Lipinski definition) is 1. The molecule has 1 aliphatic heterocycles. The molecule has 0 aliphatic carbocycles. The summed E-state index contributed by atoms with van der Waals surface area (Å²) in [4.78, 5) is 2.05. The summed E-state index contributed by atoms with van der Waals surface area (Å²) >= 11 is 0. The van der Waals surface area contributed by atoms with E-state index in [0.717, 1.165) is 12.2 Å². The Hall–Kier alpha value is -1.15. The topological polar surface area (TPSA) is 117 Å². The molecular weight excluding hydrogens is 414 g/mol. The van der Waals surface area contributed by atoms with Crippen molar-refractivity contribution in [3.05, 3.63) is 11.9 Å². The second-order valence-electron chi connectivity index (χ2n) is 7.17. The Kier molecular flexibility index (Phi) is 11.7. The Balaban J connectivity index is 1.39. The van der Waals surface area contributed by atoms with Crippen LogP contribution in [0.1, 0.15) is 5.69 Å². The molecule has 1 aromatic heterocycles. The van der Waals surface area contributed by atoms with E-state index in [1.54, 1.807) is 4.68 Å². The van der Waals surface area contributed by atoms with Gasteiger partial charge in [-0.3, -0.25) is 4.90 Å². The molecule has 12 heteroatoms. The van der Waals surface area contributed by atoms with Crippen LogP contribution in [0.25, 0.3) is 0 Å². The van der Waals surface area contributed by atoms with E-state index in [-0.39, 0.29) is 5.25 Å². The van der Waals surface area contributed by atoms with Gasteiger partial charge in [-0.2, -0.15) is 0 Å². The molecule has 0 atom stereocenters. The van der Waals surface area contributed by atoms with Crippen molar-refractivity contribution in [2.45, 2.75) is 18.3 Å². The first-order chi connectivity index (χ1) is 14.5. The van der Waals surface area contributed by atoms with Gasteiger partial charge in [-0.25, -0.2) is 13.1 Å². The van der Waals surface area contributed by atoms with Gasteiger partial charge < -0.3 is 24.3 Å². The molecule has 1 N–H and O–H groups in total. The Labute approximate surface area is 178 Å². The number of nitrogens with zero attached hydrogens (tertiary/aromatic N) is 4. The SMILES string of the molecule is CNCCOCCOCCOCCOCCn1cc(CN2CC(S(C)(=O)=O)C2)nn1. The van der Waals surface area contributed by atoms with E-state index >= 15 is 0 Å². The summed E-state index contributed by atoms with van der Waals surface area (Å²) in [7, 11) is -1.05. The molecular formula is C18H35N5O6S. The summed E-state index contributed by atoms with van der Waals surface area (Å²) in [5, 5.41) is 11.0. The summed E-state index contributed by atoms with van der Waals surface area (Å²) < 4.78 is 46.3. The van der Waals surface area contributed by atoms with Crippen molar-refractivity contribution in [2.24, 2.45) is 0 Å². The summed E-state index contributed by atoms with van der Waals surface area (Å²) in [6, 6.07) is 0. The Morgan fingerprint density at radius 1 is 1.00 bits per heavy atom. The Morgan fingerprint density at radius 2 is 1.57 bits per heavy atom. The Bertz CT molecular complexity index is 680. The predicted molar refractivity (Wildman–Crippen MR) is 111 cm³/mol. The maximum Gasteiger partial charge on any atom is 0.152 e. The number of rotatable bonds is 18. The maximum absolute atomic E-state index is 11.4. The zero-order valence-electron chi connectivity index (χ0n) is 18.0. The molecule has 0 amide bonds. The van der Waals surface area contributed by atoms with Crippen molar-refractivity contribution in [1.82, 2.24) is 25.2 Å². The predicted octanol–water partition coefficient (Wildman–Crippen LogP) is -1.21. The van der Waals surface area contributed by atoms with Crippen LogP contribution in [0, 0.1) is 0 Å². The smallest absolute Gasteiger partial charge is 0.152 e. The average Bonchev–Trinajstić information content (AvgIpc) is 3.11. The average molecular weight is 450 g/mol. The van der Waals surface area contributed by atoms with Crippen LogP contribution in [-0.2, 0) is 41.9 Å². The first-order valence-electron chi connectivity index (χ1n) is 10.2. The molecule has 0 aromatic carbocycles. The highest BCUT2D eigenvalue weighted by molar-refractivity contribution is 7.91. The van der Waals surface area contributed by atoms with Gasteiger partial charge in [-0.05, 0) is 7.05 Å². The van der Waals surface area contributed by atoms with Gasteiger partial charge in [-0.1, -0.05) is 5.21 Å². The lowest BCUT2D eigenvalue weighted by atomic mass is 10.2. The van der Waals surface area contributed by atoms with Crippen molar-refractivity contribution < 1.29 is 27.4 Å². The number of sulfone groups is 1. The molecule has 0 saturated carbocycles. The number of ether oxygens (including phenoxy) is 4. The van der Waals surface area contributed by atoms with E-state index in [9.17, 15) is 8.42 Å². The van der Waals surface area contributed by atoms with E-state index in [2.05, 4.69) is 20.5 Å². The lowest BCUT2D eigenvalue weighted by Gasteiger charge is -2.37. The van der Waals surface area contributed by atoms with E-state index in [1.165, 1.54) is 6.26 Å². The minimum atomic E-state index is -2.94. The highest BCUT2D eigenvalue weighted by Gasteiger charge is 2.34. The van der Waals surface area contributed by atoms with Crippen LogP contribution in [-0.4, -0.2) is 119 Å². The van der Waals surface area contributed by atoms with Crippen molar-refractivity contribution in [2.75, 3.05) is 85.8 Å². The molecule has 2 rings (SSSR count). The van der Waals surface area contributed by atoms with Gasteiger partial charge in [0.1, 0.15) is 0 Å². The first kappa shape index (κ1) is 25.1. The maximum atomic E-state index is 11.4. The number of nitrogens with one attached hydrogen (secondary N) is 1. The molecule has 2 heterocycles. The second kappa shape index (κ2) is 14.0. The molecule has 0 unspecified atom stereocenters. The quantitative estimate of drug-likeness (QED) is 0.274. The van der Waals surface area contributed by atoms with E-state index in [4.69, 9.17) is 18.9 Å². The monoisotopic (exact) mass is 449 g/mol. The minimum absolute atomic E-state index is 0.253. The minimum Gasteiger partial charge on any atom is -0.378 e. The number of likely N-dealkylation sites (N-methyl/N-ethyl adjacent to an activating group) is 1. The molecule has 1 aliphatic rings. The molecule has 0 spiro atoms. The zero-order chi connectivity index (χ0) is 21.7. The lowest BCUT2D eigenvalue weighted by Crippen LogP contribution is -2.53. The van der Waals surface area contributed by atoms with Gasteiger partial charge in [0, 0.05) is 38.6 Å². The molecule has 30 heavy (non-hydrogen) atoms. The van der Waals surface area contributed by atoms with Crippen LogP contribution >= 0.6 is 0 Å². The number of aromatic nitrogens is 3. The van der Waals surface area contributed by atoms with E-state index in [1.807, 2.05) is 13.2 Å². The fraction of sp³-hybridized carbons (Fsp3) is 0.889. The number of likely N-dealkylation sites (tertiary alicyclic amines) is 1. The van der Waals surface area contributed by atoms with Crippen LogP contribution in [0.5, 0.6) is 0 Å². The van der Waals surface area contributed by atoms with Crippen molar-refractivity contribution in [3.8, 4) is 0 Å². The van der Waals surface area contributed by atoms with E-state index in [0.29, 0.717) is 79.0 Å². The summed E-state index contributed by atoms with van der Waals surface area (Å²) in [5.41, 5.74) is 0.831. The van der Waals surface area contributed by atoms with Gasteiger partial charge in [0.05, 0.1) is 70.3 Å². The fourth-order valence-corrected chi connectivity index (χ4v) is 3.73. The van der Waals surface area contributed by atoms with Crippen LogP contribution in [0.15, 0.2) is 6.20 Å². The Morgan fingerprint density at radius 3 is 2.13 bits per heavy atom. The third kappa shape index (κ3) is 10.2.